The van der Waals surface area contributed by atoms with E-state index in [9.17, 15) is 4.57 Å². The van der Waals surface area contributed by atoms with Gasteiger partial charge in [0.25, 0.3) is 6.48 Å². The number of hydrogen-bond acceptors (Lipinski definition) is 10. The van der Waals surface area contributed by atoms with Crippen molar-refractivity contribution in [2.24, 2.45) is 0 Å². The van der Waals surface area contributed by atoms with Crippen LogP contribution < -0.4 is 11.9 Å². The molecule has 0 aromatic carbocycles. The van der Waals surface area contributed by atoms with Crippen LogP contribution in [0.5, 0.6) is 0 Å². The Kier molecular flexibility index (Phi) is 21.9. The average Bonchev–Trinajstić information content (AvgIpc) is 3.33. The lowest BCUT2D eigenvalue weighted by Crippen LogP contribution is -2.27. The van der Waals surface area contributed by atoms with E-state index in [2.05, 4.69) is 21.9 Å². The van der Waals surface area contributed by atoms with E-state index in [1.807, 2.05) is 11.5 Å². The number of hydrogen-bond donors (Lipinski definition) is 2. The van der Waals surface area contributed by atoms with Crippen LogP contribution in [0.4, 0.5) is 5.82 Å². The molecular formula is C28H55N6O5P. The number of rotatable bonds is 26. The summed E-state index contributed by atoms with van der Waals surface area (Å²) in [5, 5.41) is 0. The van der Waals surface area contributed by atoms with Crippen molar-refractivity contribution >= 4 is 25.7 Å². The van der Waals surface area contributed by atoms with Gasteiger partial charge in [0.2, 0.25) is 0 Å². The van der Waals surface area contributed by atoms with Gasteiger partial charge < -0.3 is 30.7 Å². The maximum Gasteiger partial charge on any atom is 0.277 e. The van der Waals surface area contributed by atoms with Crippen LogP contribution in [0.15, 0.2) is 12.7 Å². The number of nitrogens with zero attached hydrogens (tertiary/aromatic N) is 4. The Morgan fingerprint density at radius 1 is 0.850 bits per heavy atom. The van der Waals surface area contributed by atoms with Crippen LogP contribution in [0.3, 0.4) is 0 Å². The number of nitrogen functional groups attached to an aromatic ring is 1. The van der Waals surface area contributed by atoms with Gasteiger partial charge in [0.15, 0.2) is 20.2 Å². The molecule has 0 amide bonds. The Morgan fingerprint density at radius 3 is 2.05 bits per heavy atom. The van der Waals surface area contributed by atoms with Gasteiger partial charge in [0.05, 0.1) is 25.6 Å². The van der Waals surface area contributed by atoms with E-state index in [4.69, 9.17) is 24.5 Å². The summed E-state index contributed by atoms with van der Waals surface area (Å²) in [6.45, 7) is 5.61. The van der Waals surface area contributed by atoms with Crippen LogP contribution in [0.2, 0.25) is 0 Å². The topological polar surface area (TPSA) is 159 Å². The third-order valence-corrected chi connectivity index (χ3v) is 7.06. The molecule has 3 atom stereocenters. The molecule has 0 fully saturated rings. The van der Waals surface area contributed by atoms with Gasteiger partial charge in [-0.25, -0.2) is 15.0 Å². The summed E-state index contributed by atoms with van der Waals surface area (Å²) in [5.41, 5.74) is 7.02. The van der Waals surface area contributed by atoms with Crippen LogP contribution in [0.1, 0.15) is 110 Å². The summed E-state index contributed by atoms with van der Waals surface area (Å²) in [4.78, 5) is 12.4. The van der Waals surface area contributed by atoms with Crippen molar-refractivity contribution in [2.75, 3.05) is 25.6 Å². The summed E-state index contributed by atoms with van der Waals surface area (Å²) in [6, 6.07) is 0. The molecule has 0 aliphatic carbocycles. The van der Waals surface area contributed by atoms with Gasteiger partial charge in [-0.2, -0.15) is 0 Å². The highest BCUT2D eigenvalue weighted by Crippen LogP contribution is 2.17. The Hall–Kier alpha value is -1.62. The molecule has 0 bridgehead atoms. The number of ether oxygens (including phenoxy) is 3. The molecule has 2 aromatic rings. The van der Waals surface area contributed by atoms with E-state index in [1.54, 1.807) is 6.33 Å². The second-order valence-corrected chi connectivity index (χ2v) is 10.7. The standard InChI is InChI=1S/C28H52N5O5P.H3N/c1-3-4-5-6-7-8-9-10-11-12-13-14-15-18-35-19-16-17-20-36-28(38-39-34)37-24(2)21-33-23-32-25-26(29)30-22-31-27(25)33;/h22-24,28H,3-21,39H2,1-2H3,(H2,29,30,31);1H3/t24-,28?;/m1./s1. The first-order chi connectivity index (χ1) is 19.2. The van der Waals surface area contributed by atoms with Gasteiger partial charge in [-0.05, 0) is 26.2 Å². The molecule has 2 aromatic heterocycles. The van der Waals surface area contributed by atoms with E-state index < -0.39 is 15.2 Å². The van der Waals surface area contributed by atoms with E-state index in [-0.39, 0.29) is 12.3 Å². The molecule has 11 nitrogen and oxygen atoms in total. The van der Waals surface area contributed by atoms with Crippen molar-refractivity contribution in [3.05, 3.63) is 12.7 Å². The third kappa shape index (κ3) is 16.0. The molecule has 0 aliphatic rings. The second kappa shape index (κ2) is 24.0. The van der Waals surface area contributed by atoms with Gasteiger partial charge in [-0.15, -0.1) is 0 Å². The van der Waals surface area contributed by atoms with Crippen LogP contribution in [-0.2, 0) is 29.8 Å². The lowest BCUT2D eigenvalue weighted by molar-refractivity contribution is -0.262. The van der Waals surface area contributed by atoms with Crippen molar-refractivity contribution in [1.29, 1.82) is 0 Å². The Morgan fingerprint density at radius 2 is 1.43 bits per heavy atom. The van der Waals surface area contributed by atoms with E-state index in [0.717, 1.165) is 32.5 Å². The number of unbranched alkanes of at least 4 members (excludes halogenated alkanes) is 13. The first-order valence-corrected chi connectivity index (χ1v) is 15.9. The minimum absolute atomic E-state index is 0. The predicted molar refractivity (Wildman–Crippen MR) is 162 cm³/mol. The van der Waals surface area contributed by atoms with Crippen LogP contribution in [0.25, 0.3) is 11.2 Å². The van der Waals surface area contributed by atoms with Crippen LogP contribution in [-0.4, -0.2) is 51.9 Å². The summed E-state index contributed by atoms with van der Waals surface area (Å²) in [7, 11) is -1.45. The number of imidazole rings is 1. The minimum atomic E-state index is -1.45. The fraction of sp³-hybridized carbons (Fsp3) is 0.821. The van der Waals surface area contributed by atoms with Crippen molar-refractivity contribution in [3.8, 4) is 0 Å². The van der Waals surface area contributed by atoms with Gasteiger partial charge in [-0.3, -0.25) is 9.09 Å². The van der Waals surface area contributed by atoms with Gasteiger partial charge in [-0.1, -0.05) is 84.0 Å². The minimum Gasteiger partial charge on any atom is -0.382 e. The Bertz CT molecular complexity index is 890. The summed E-state index contributed by atoms with van der Waals surface area (Å²) >= 11 is 0. The zero-order valence-corrected chi connectivity index (χ0v) is 26.1. The maximum atomic E-state index is 11.1. The van der Waals surface area contributed by atoms with Crippen molar-refractivity contribution in [3.63, 3.8) is 0 Å². The smallest absolute Gasteiger partial charge is 0.277 e. The molecular weight excluding hydrogens is 531 g/mol. The number of nitrogens with two attached hydrogens (primary N) is 1. The zero-order chi connectivity index (χ0) is 28.0. The molecule has 2 heterocycles. The summed E-state index contributed by atoms with van der Waals surface area (Å²) in [6.07, 6.45) is 22.1. The Labute approximate surface area is 242 Å². The molecule has 40 heavy (non-hydrogen) atoms. The monoisotopic (exact) mass is 586 g/mol. The number of anilines is 1. The molecule has 0 saturated heterocycles. The molecule has 0 saturated carbocycles. The molecule has 0 spiro atoms. The van der Waals surface area contributed by atoms with Gasteiger partial charge in [0.1, 0.15) is 11.8 Å². The summed E-state index contributed by atoms with van der Waals surface area (Å²) < 4.78 is 35.3. The normalized spacial score (nSPS) is 13.2. The molecule has 5 N–H and O–H groups in total. The van der Waals surface area contributed by atoms with Crippen molar-refractivity contribution < 1.29 is 23.3 Å². The summed E-state index contributed by atoms with van der Waals surface area (Å²) in [5.74, 6) is 0.333. The SMILES string of the molecule is CCCCCCCCCCCCCCCOCCCCOC(O[PH2]=O)O[C@H](C)Cn1cnc2c(N)ncnc21.N. The quantitative estimate of drug-likeness (QED) is 0.0678. The van der Waals surface area contributed by atoms with Crippen LogP contribution in [0, 0.1) is 0 Å². The molecule has 232 valence electrons. The highest BCUT2D eigenvalue weighted by molar-refractivity contribution is 7.17. The highest BCUT2D eigenvalue weighted by Gasteiger charge is 2.16. The van der Waals surface area contributed by atoms with Crippen molar-refractivity contribution in [2.45, 2.75) is 129 Å². The number of aromatic nitrogens is 4. The van der Waals surface area contributed by atoms with E-state index in [1.165, 1.54) is 83.4 Å². The molecule has 2 unspecified atom stereocenters. The van der Waals surface area contributed by atoms with Gasteiger partial charge in [0, 0.05) is 13.2 Å². The molecule has 0 radical (unpaired) electrons. The zero-order valence-electron chi connectivity index (χ0n) is 24.9. The highest BCUT2D eigenvalue weighted by atomic mass is 31.1. The first-order valence-electron chi connectivity index (χ1n) is 15.0. The van der Waals surface area contributed by atoms with Gasteiger partial charge >= 0.3 is 0 Å². The molecule has 12 heteroatoms. The molecule has 0 aliphatic heterocycles. The third-order valence-electron chi connectivity index (χ3n) is 6.72. The van der Waals surface area contributed by atoms with E-state index in [0.29, 0.717) is 30.1 Å². The second-order valence-electron chi connectivity index (χ2n) is 10.2. The predicted octanol–water partition coefficient (Wildman–Crippen LogP) is 6.85. The first kappa shape index (κ1) is 36.4. The lowest BCUT2D eigenvalue weighted by Gasteiger charge is -2.21. The largest absolute Gasteiger partial charge is 0.382 e. The van der Waals surface area contributed by atoms with Crippen molar-refractivity contribution in [1.82, 2.24) is 25.7 Å². The average molecular weight is 587 g/mol. The fourth-order valence-corrected chi connectivity index (χ4v) is 4.74. The lowest BCUT2D eigenvalue weighted by atomic mass is 10.0. The van der Waals surface area contributed by atoms with E-state index >= 15 is 0 Å². The van der Waals surface area contributed by atoms with Crippen LogP contribution >= 0.6 is 8.69 Å². The Balaban J connectivity index is 0.00000800. The maximum absolute atomic E-state index is 11.1. The molecule has 2 rings (SSSR count). The number of fused-ring (bicyclic) bond motifs is 1. The fourth-order valence-electron chi connectivity index (χ4n) is 4.51.